The number of pyridine rings is 1. The van der Waals surface area contributed by atoms with Crippen molar-refractivity contribution >= 4 is 5.82 Å². The number of nitrogens with zero attached hydrogens (tertiary/aromatic N) is 5. The Balaban J connectivity index is 2.24. The van der Waals surface area contributed by atoms with Crippen LogP contribution in [0.25, 0.3) is 0 Å². The van der Waals surface area contributed by atoms with Gasteiger partial charge in [0.05, 0.1) is 12.1 Å². The van der Waals surface area contributed by atoms with E-state index in [0.29, 0.717) is 17.9 Å². The molecule has 2 rings (SSSR count). The highest BCUT2D eigenvalue weighted by Crippen LogP contribution is 2.17. The zero-order chi connectivity index (χ0) is 13.1. The molecule has 2 aromatic heterocycles. The van der Waals surface area contributed by atoms with Crippen LogP contribution in [-0.2, 0) is 13.6 Å². The summed E-state index contributed by atoms with van der Waals surface area (Å²) in [4.78, 5) is 4.34. The van der Waals surface area contributed by atoms with E-state index in [1.807, 2.05) is 31.5 Å². The van der Waals surface area contributed by atoms with Crippen LogP contribution in [0.3, 0.4) is 0 Å². The Hall–Kier alpha value is -2.42. The summed E-state index contributed by atoms with van der Waals surface area (Å²) in [5, 5.41) is 20.0. The summed E-state index contributed by atoms with van der Waals surface area (Å²) in [6.07, 6.45) is 1.64. The maximum atomic E-state index is 9.14. The molecule has 0 bridgehead atoms. The topological polar surface area (TPSA) is 79.4 Å². The van der Waals surface area contributed by atoms with E-state index in [-0.39, 0.29) is 0 Å². The third kappa shape index (κ3) is 2.30. The molecular formula is C12H14N6. The van der Waals surface area contributed by atoms with E-state index < -0.39 is 0 Å². The molecule has 0 aliphatic carbocycles. The first-order chi connectivity index (χ1) is 8.61. The van der Waals surface area contributed by atoms with Crippen molar-refractivity contribution in [3.8, 4) is 6.07 Å². The quantitative estimate of drug-likeness (QED) is 0.877. The molecule has 18 heavy (non-hydrogen) atoms. The third-order valence-electron chi connectivity index (χ3n) is 2.68. The average Bonchev–Trinajstić information content (AvgIpc) is 2.71. The van der Waals surface area contributed by atoms with Gasteiger partial charge in [-0.25, -0.2) is 4.98 Å². The van der Waals surface area contributed by atoms with Crippen LogP contribution in [0.1, 0.15) is 22.6 Å². The maximum Gasteiger partial charge on any atom is 0.151 e. The van der Waals surface area contributed by atoms with Gasteiger partial charge in [-0.3, -0.25) is 0 Å². The van der Waals surface area contributed by atoms with E-state index in [9.17, 15) is 0 Å². The van der Waals surface area contributed by atoms with Gasteiger partial charge >= 0.3 is 0 Å². The monoisotopic (exact) mass is 242 g/mol. The van der Waals surface area contributed by atoms with E-state index >= 15 is 0 Å². The number of aryl methyl sites for hydroxylation is 3. The van der Waals surface area contributed by atoms with E-state index in [1.165, 1.54) is 0 Å². The van der Waals surface area contributed by atoms with Crippen LogP contribution >= 0.6 is 0 Å². The van der Waals surface area contributed by atoms with Gasteiger partial charge in [0.2, 0.25) is 0 Å². The minimum absolute atomic E-state index is 0.487. The summed E-state index contributed by atoms with van der Waals surface area (Å²) < 4.78 is 1.82. The fourth-order valence-electron chi connectivity index (χ4n) is 1.74. The summed E-state index contributed by atoms with van der Waals surface area (Å²) in [7, 11) is 1.87. The molecule has 0 fully saturated rings. The molecule has 0 saturated carbocycles. The average molecular weight is 242 g/mol. The lowest BCUT2D eigenvalue weighted by Crippen LogP contribution is -2.09. The zero-order valence-corrected chi connectivity index (χ0v) is 10.6. The minimum atomic E-state index is 0.487. The lowest BCUT2D eigenvalue weighted by atomic mass is 10.1. The number of hydrogen-bond acceptors (Lipinski definition) is 5. The van der Waals surface area contributed by atoms with Gasteiger partial charge in [-0.05, 0) is 25.5 Å². The molecule has 0 radical (unpaired) electrons. The molecule has 6 heteroatoms. The zero-order valence-electron chi connectivity index (χ0n) is 10.6. The fourth-order valence-corrected chi connectivity index (χ4v) is 1.74. The molecular weight excluding hydrogens is 228 g/mol. The van der Waals surface area contributed by atoms with Crippen LogP contribution in [0.15, 0.2) is 12.4 Å². The second-order valence-electron chi connectivity index (χ2n) is 4.13. The van der Waals surface area contributed by atoms with Crippen molar-refractivity contribution in [1.82, 2.24) is 19.7 Å². The van der Waals surface area contributed by atoms with Crippen molar-refractivity contribution in [1.29, 1.82) is 5.26 Å². The molecule has 92 valence electrons. The second kappa shape index (κ2) is 4.84. The Bertz CT molecular complexity index is 608. The lowest BCUT2D eigenvalue weighted by Gasteiger charge is -2.09. The SMILES string of the molecule is Cc1cc(C)c(C#N)c(NCc2nncn2C)n1. The van der Waals surface area contributed by atoms with Gasteiger partial charge in [0.15, 0.2) is 5.82 Å². The van der Waals surface area contributed by atoms with E-state index in [4.69, 9.17) is 5.26 Å². The van der Waals surface area contributed by atoms with Crippen molar-refractivity contribution in [3.63, 3.8) is 0 Å². The summed E-state index contributed by atoms with van der Waals surface area (Å²) in [5.41, 5.74) is 2.38. The highest BCUT2D eigenvalue weighted by atomic mass is 15.3. The van der Waals surface area contributed by atoms with Crippen LogP contribution in [0.5, 0.6) is 0 Å². The van der Waals surface area contributed by atoms with Crippen molar-refractivity contribution in [2.75, 3.05) is 5.32 Å². The molecule has 2 heterocycles. The van der Waals surface area contributed by atoms with E-state index in [2.05, 4.69) is 26.6 Å². The van der Waals surface area contributed by atoms with Crippen LogP contribution in [0, 0.1) is 25.2 Å². The molecule has 0 spiro atoms. The molecule has 0 aliphatic heterocycles. The van der Waals surface area contributed by atoms with Gasteiger partial charge in [0.1, 0.15) is 18.2 Å². The molecule has 0 amide bonds. The highest BCUT2D eigenvalue weighted by Gasteiger charge is 2.09. The predicted octanol–water partition coefficient (Wildman–Crippen LogP) is 1.31. The van der Waals surface area contributed by atoms with E-state index in [1.54, 1.807) is 6.33 Å². The van der Waals surface area contributed by atoms with Gasteiger partial charge in [-0.2, -0.15) is 5.26 Å². The molecule has 0 unspecified atom stereocenters. The number of anilines is 1. The summed E-state index contributed by atoms with van der Waals surface area (Å²) in [5.74, 6) is 1.39. The highest BCUT2D eigenvalue weighted by molar-refractivity contribution is 5.56. The van der Waals surface area contributed by atoms with Gasteiger partial charge in [-0.15, -0.1) is 10.2 Å². The summed E-state index contributed by atoms with van der Waals surface area (Å²) in [6, 6.07) is 4.06. The van der Waals surface area contributed by atoms with E-state index in [0.717, 1.165) is 17.1 Å². The van der Waals surface area contributed by atoms with Crippen molar-refractivity contribution in [3.05, 3.63) is 35.0 Å². The molecule has 0 aliphatic rings. The van der Waals surface area contributed by atoms with Gasteiger partial charge in [0.25, 0.3) is 0 Å². The van der Waals surface area contributed by atoms with Crippen molar-refractivity contribution in [2.45, 2.75) is 20.4 Å². The molecule has 0 atom stereocenters. The van der Waals surface area contributed by atoms with Gasteiger partial charge in [0, 0.05) is 12.7 Å². The number of nitriles is 1. The van der Waals surface area contributed by atoms with Crippen molar-refractivity contribution < 1.29 is 0 Å². The molecule has 6 nitrogen and oxygen atoms in total. The number of rotatable bonds is 3. The predicted molar refractivity (Wildman–Crippen MR) is 66.8 cm³/mol. The van der Waals surface area contributed by atoms with Crippen molar-refractivity contribution in [2.24, 2.45) is 7.05 Å². The largest absolute Gasteiger partial charge is 0.362 e. The van der Waals surface area contributed by atoms with Crippen LogP contribution in [0.4, 0.5) is 5.82 Å². The molecule has 0 aromatic carbocycles. The third-order valence-corrected chi connectivity index (χ3v) is 2.68. The van der Waals surface area contributed by atoms with Crippen LogP contribution < -0.4 is 5.32 Å². The first-order valence-electron chi connectivity index (χ1n) is 5.57. The Morgan fingerprint density at radius 1 is 1.44 bits per heavy atom. The summed E-state index contributed by atoms with van der Waals surface area (Å²) in [6.45, 7) is 4.30. The maximum absolute atomic E-state index is 9.14. The molecule has 2 aromatic rings. The Kier molecular flexibility index (Phi) is 3.24. The smallest absolute Gasteiger partial charge is 0.151 e. The summed E-state index contributed by atoms with van der Waals surface area (Å²) >= 11 is 0. The number of aromatic nitrogens is 4. The first kappa shape index (κ1) is 12.0. The second-order valence-corrected chi connectivity index (χ2v) is 4.13. The first-order valence-corrected chi connectivity index (χ1v) is 5.57. The van der Waals surface area contributed by atoms with Crippen LogP contribution in [0.2, 0.25) is 0 Å². The van der Waals surface area contributed by atoms with Gasteiger partial charge < -0.3 is 9.88 Å². The number of nitrogens with one attached hydrogen (secondary N) is 1. The normalized spacial score (nSPS) is 10.1. The standard InChI is InChI=1S/C12H14N6/c1-8-4-9(2)16-12(10(8)5-13)14-6-11-17-15-7-18(11)3/h4,7H,6H2,1-3H3,(H,14,16). The van der Waals surface area contributed by atoms with Gasteiger partial charge in [-0.1, -0.05) is 0 Å². The van der Waals surface area contributed by atoms with Crippen LogP contribution in [-0.4, -0.2) is 19.7 Å². The lowest BCUT2D eigenvalue weighted by molar-refractivity contribution is 0.809. The Morgan fingerprint density at radius 3 is 2.83 bits per heavy atom. The molecule has 1 N–H and O–H groups in total. The Morgan fingerprint density at radius 2 is 2.22 bits per heavy atom. The Labute approximate surface area is 105 Å². The number of hydrogen-bond donors (Lipinski definition) is 1. The molecule has 0 saturated heterocycles. The fraction of sp³-hybridized carbons (Fsp3) is 0.333. The minimum Gasteiger partial charge on any atom is -0.362 e.